The van der Waals surface area contributed by atoms with Crippen molar-refractivity contribution in [3.05, 3.63) is 42.0 Å². The van der Waals surface area contributed by atoms with Crippen molar-refractivity contribution in [1.82, 2.24) is 0 Å². The van der Waals surface area contributed by atoms with Crippen LogP contribution in [0.15, 0.2) is 36.4 Å². The topological polar surface area (TPSA) is 43.4 Å². The van der Waals surface area contributed by atoms with Crippen LogP contribution in [-0.4, -0.2) is 18.4 Å². The number of ether oxygens (including phenoxy) is 1. The lowest BCUT2D eigenvalue weighted by Crippen LogP contribution is -2.23. The third-order valence-electron chi connectivity index (χ3n) is 2.62. The van der Waals surface area contributed by atoms with Crippen molar-refractivity contribution in [2.45, 2.75) is 26.4 Å². The second-order valence-corrected chi connectivity index (χ2v) is 4.18. The van der Waals surface area contributed by atoms with Crippen LogP contribution in [0.1, 0.15) is 25.8 Å². The van der Waals surface area contributed by atoms with Gasteiger partial charge in [-0.1, -0.05) is 49.4 Å². The molecule has 0 amide bonds. The van der Waals surface area contributed by atoms with Crippen molar-refractivity contribution in [2.24, 2.45) is 5.92 Å². The van der Waals surface area contributed by atoms with Gasteiger partial charge in [0.25, 0.3) is 0 Å². The molecule has 0 saturated heterocycles. The Kier molecular flexibility index (Phi) is 5.85. The van der Waals surface area contributed by atoms with Crippen LogP contribution in [0, 0.1) is 5.92 Å². The molecule has 0 heterocycles. The summed E-state index contributed by atoms with van der Waals surface area (Å²) in [5.74, 6) is -0.360. The van der Waals surface area contributed by atoms with Crippen molar-refractivity contribution in [3.8, 4) is 0 Å². The van der Waals surface area contributed by atoms with Crippen LogP contribution in [-0.2, 0) is 14.3 Å². The van der Waals surface area contributed by atoms with Crippen LogP contribution in [0.5, 0.6) is 0 Å². The van der Waals surface area contributed by atoms with Gasteiger partial charge in [0.2, 0.25) is 0 Å². The Morgan fingerprint density at radius 2 is 2.00 bits per heavy atom. The quantitative estimate of drug-likeness (QED) is 0.572. The van der Waals surface area contributed by atoms with Gasteiger partial charge in [-0.25, -0.2) is 0 Å². The van der Waals surface area contributed by atoms with E-state index in [1.54, 1.807) is 0 Å². The summed E-state index contributed by atoms with van der Waals surface area (Å²) in [5.41, 5.74) is 1.08. The van der Waals surface area contributed by atoms with Gasteiger partial charge in [-0.2, -0.15) is 0 Å². The molecule has 96 valence electrons. The Labute approximate surface area is 107 Å². The molecule has 1 rings (SSSR count). The third-order valence-corrected chi connectivity index (χ3v) is 2.62. The van der Waals surface area contributed by atoms with Crippen LogP contribution in [0.3, 0.4) is 0 Å². The molecule has 1 aromatic carbocycles. The van der Waals surface area contributed by atoms with Gasteiger partial charge in [0.1, 0.15) is 12.4 Å². The van der Waals surface area contributed by atoms with Gasteiger partial charge in [0, 0.05) is 19.3 Å². The lowest BCUT2D eigenvalue weighted by Gasteiger charge is -2.18. The van der Waals surface area contributed by atoms with Gasteiger partial charge in [-0.15, -0.1) is 0 Å². The van der Waals surface area contributed by atoms with E-state index in [9.17, 15) is 9.59 Å². The molecule has 0 saturated carbocycles. The average Bonchev–Trinajstić information content (AvgIpc) is 2.36. The molecule has 3 heteroatoms. The molecule has 3 nitrogen and oxygen atoms in total. The van der Waals surface area contributed by atoms with Gasteiger partial charge < -0.3 is 9.53 Å². The van der Waals surface area contributed by atoms with E-state index < -0.39 is 0 Å². The molecular weight excluding hydrogens is 228 g/mol. The van der Waals surface area contributed by atoms with Crippen molar-refractivity contribution < 1.29 is 14.3 Å². The van der Waals surface area contributed by atoms with Crippen LogP contribution in [0.4, 0.5) is 0 Å². The molecule has 2 atom stereocenters. The Morgan fingerprint density at radius 3 is 2.56 bits per heavy atom. The third kappa shape index (κ3) is 4.95. The van der Waals surface area contributed by atoms with E-state index in [4.69, 9.17) is 4.74 Å². The number of carbonyl (C=O) groups excluding carboxylic acids is 2. The number of rotatable bonds is 6. The number of aldehydes is 1. The largest absolute Gasteiger partial charge is 0.461 e. The van der Waals surface area contributed by atoms with Crippen LogP contribution >= 0.6 is 0 Å². The highest BCUT2D eigenvalue weighted by Gasteiger charge is 2.17. The number of hydrogen-bond acceptors (Lipinski definition) is 3. The second kappa shape index (κ2) is 7.43. The van der Waals surface area contributed by atoms with Gasteiger partial charge in [0.15, 0.2) is 0 Å². The zero-order valence-electron chi connectivity index (χ0n) is 10.7. The van der Waals surface area contributed by atoms with E-state index in [0.717, 1.165) is 11.8 Å². The van der Waals surface area contributed by atoms with Crippen LogP contribution < -0.4 is 0 Å². The van der Waals surface area contributed by atoms with E-state index in [1.165, 1.54) is 6.92 Å². The molecule has 0 bridgehead atoms. The second-order valence-electron chi connectivity index (χ2n) is 4.18. The minimum Gasteiger partial charge on any atom is -0.461 e. The fourth-order valence-corrected chi connectivity index (χ4v) is 1.63. The zero-order chi connectivity index (χ0) is 13.4. The van der Waals surface area contributed by atoms with Gasteiger partial charge in [0.05, 0.1) is 0 Å². The number of hydrogen-bond donors (Lipinski definition) is 0. The standard InChI is InChI=1S/C15H18O3/c1-12(15(10-11-16)18-13(2)17)8-9-14-6-4-3-5-7-14/h3-9,11-12,15H,10H2,1-2H3/b9-8+/t12-,15+/m1/s1. The maximum atomic E-state index is 10.9. The Morgan fingerprint density at radius 1 is 1.33 bits per heavy atom. The lowest BCUT2D eigenvalue weighted by molar-refractivity contribution is -0.148. The van der Waals surface area contributed by atoms with Crippen LogP contribution in [0.2, 0.25) is 0 Å². The summed E-state index contributed by atoms with van der Waals surface area (Å²) >= 11 is 0. The summed E-state index contributed by atoms with van der Waals surface area (Å²) < 4.78 is 5.12. The minimum absolute atomic E-state index is 0.000642. The molecule has 0 aliphatic heterocycles. The molecule has 0 fully saturated rings. The van der Waals surface area contributed by atoms with Crippen molar-refractivity contribution in [2.75, 3.05) is 0 Å². The monoisotopic (exact) mass is 246 g/mol. The Bertz CT molecular complexity index is 409. The zero-order valence-corrected chi connectivity index (χ0v) is 10.7. The molecule has 0 radical (unpaired) electrons. The average molecular weight is 246 g/mol. The Hall–Kier alpha value is -1.90. The summed E-state index contributed by atoms with van der Waals surface area (Å²) in [7, 11) is 0. The van der Waals surface area contributed by atoms with E-state index in [-0.39, 0.29) is 24.4 Å². The lowest BCUT2D eigenvalue weighted by atomic mass is 10.0. The molecule has 0 aliphatic rings. The molecule has 0 N–H and O–H groups in total. The predicted octanol–water partition coefficient (Wildman–Crippen LogP) is 2.86. The fourth-order valence-electron chi connectivity index (χ4n) is 1.63. The first-order valence-corrected chi connectivity index (χ1v) is 5.97. The maximum absolute atomic E-state index is 10.9. The van der Waals surface area contributed by atoms with E-state index in [2.05, 4.69) is 0 Å². The summed E-state index contributed by atoms with van der Waals surface area (Å²) in [6.07, 6.45) is 4.53. The first-order chi connectivity index (χ1) is 8.63. The summed E-state index contributed by atoms with van der Waals surface area (Å²) in [6, 6.07) is 9.85. The molecular formula is C15H18O3. The van der Waals surface area contributed by atoms with Gasteiger partial charge >= 0.3 is 5.97 Å². The Balaban J connectivity index is 2.65. The van der Waals surface area contributed by atoms with Gasteiger partial charge in [-0.3, -0.25) is 4.79 Å². The van der Waals surface area contributed by atoms with E-state index in [0.29, 0.717) is 0 Å². The smallest absolute Gasteiger partial charge is 0.302 e. The number of carbonyl (C=O) groups is 2. The van der Waals surface area contributed by atoms with Crippen molar-refractivity contribution >= 4 is 18.3 Å². The van der Waals surface area contributed by atoms with E-state index in [1.807, 2.05) is 49.4 Å². The van der Waals surface area contributed by atoms with Gasteiger partial charge in [-0.05, 0) is 5.56 Å². The first-order valence-electron chi connectivity index (χ1n) is 5.97. The highest BCUT2D eigenvalue weighted by molar-refractivity contribution is 5.66. The summed E-state index contributed by atoms with van der Waals surface area (Å²) in [4.78, 5) is 21.5. The summed E-state index contributed by atoms with van der Waals surface area (Å²) in [5, 5.41) is 0. The fraction of sp³-hybridized carbons (Fsp3) is 0.333. The number of benzene rings is 1. The summed E-state index contributed by atoms with van der Waals surface area (Å²) in [6.45, 7) is 3.28. The molecule has 0 spiro atoms. The van der Waals surface area contributed by atoms with Crippen LogP contribution in [0.25, 0.3) is 6.08 Å². The normalized spacial score (nSPS) is 14.1. The first kappa shape index (κ1) is 14.2. The molecule has 0 aromatic heterocycles. The highest BCUT2D eigenvalue weighted by atomic mass is 16.5. The van der Waals surface area contributed by atoms with Crippen molar-refractivity contribution in [1.29, 1.82) is 0 Å². The number of esters is 1. The molecule has 0 aliphatic carbocycles. The SMILES string of the molecule is CC(=O)O[C@@H](CC=O)[C@H](C)/C=C/c1ccccc1. The molecule has 0 unspecified atom stereocenters. The minimum atomic E-state index is -0.389. The predicted molar refractivity (Wildman–Crippen MR) is 70.9 cm³/mol. The molecule has 18 heavy (non-hydrogen) atoms. The van der Waals surface area contributed by atoms with Crippen molar-refractivity contribution in [3.63, 3.8) is 0 Å². The maximum Gasteiger partial charge on any atom is 0.302 e. The molecule has 1 aromatic rings. The van der Waals surface area contributed by atoms with E-state index >= 15 is 0 Å². The highest BCUT2D eigenvalue weighted by Crippen LogP contribution is 2.14.